The molecule has 2 aromatic rings. The van der Waals surface area contributed by atoms with Crippen LogP contribution in [0.4, 0.5) is 5.69 Å². The SMILES string of the molecule is CCOC(=O)c1cc(=O)c2cc(N)ccc2o1. The maximum Gasteiger partial charge on any atom is 0.374 e. The van der Waals surface area contributed by atoms with Gasteiger partial charge in [0.1, 0.15) is 5.58 Å². The van der Waals surface area contributed by atoms with E-state index in [0.29, 0.717) is 16.7 Å². The lowest BCUT2D eigenvalue weighted by atomic mass is 10.2. The number of ether oxygens (including phenoxy) is 1. The fourth-order valence-electron chi connectivity index (χ4n) is 1.48. The standard InChI is InChI=1S/C12H11NO4/c1-2-16-12(15)11-6-9(14)8-5-7(13)3-4-10(8)17-11/h3-6H,2,13H2,1H3. The van der Waals surface area contributed by atoms with Gasteiger partial charge in [0.15, 0.2) is 5.43 Å². The van der Waals surface area contributed by atoms with Crippen LogP contribution in [0.25, 0.3) is 11.0 Å². The monoisotopic (exact) mass is 233 g/mol. The second-order valence-corrected chi connectivity index (χ2v) is 3.45. The van der Waals surface area contributed by atoms with E-state index < -0.39 is 5.97 Å². The third-order valence-corrected chi connectivity index (χ3v) is 2.23. The van der Waals surface area contributed by atoms with Gasteiger partial charge in [-0.3, -0.25) is 4.79 Å². The molecule has 2 N–H and O–H groups in total. The number of rotatable bonds is 2. The summed E-state index contributed by atoms with van der Waals surface area (Å²) in [5.74, 6) is -0.752. The van der Waals surface area contributed by atoms with Crippen molar-refractivity contribution in [2.45, 2.75) is 6.92 Å². The quantitative estimate of drug-likeness (QED) is 0.628. The van der Waals surface area contributed by atoms with Crippen molar-refractivity contribution >= 4 is 22.6 Å². The first kappa shape index (κ1) is 11.2. The zero-order valence-electron chi connectivity index (χ0n) is 9.23. The van der Waals surface area contributed by atoms with Crippen molar-refractivity contribution in [3.05, 3.63) is 40.2 Å². The van der Waals surface area contributed by atoms with Gasteiger partial charge < -0.3 is 14.9 Å². The van der Waals surface area contributed by atoms with E-state index in [1.165, 1.54) is 6.07 Å². The third kappa shape index (κ3) is 2.13. The van der Waals surface area contributed by atoms with Crippen molar-refractivity contribution in [1.29, 1.82) is 0 Å². The molecule has 1 aromatic carbocycles. The number of carbonyl (C=O) groups is 1. The lowest BCUT2D eigenvalue weighted by Gasteiger charge is -2.02. The van der Waals surface area contributed by atoms with Gasteiger partial charge in [0, 0.05) is 11.8 Å². The van der Waals surface area contributed by atoms with Crippen LogP contribution in [0.15, 0.2) is 33.5 Å². The van der Waals surface area contributed by atoms with E-state index in [-0.39, 0.29) is 17.8 Å². The number of esters is 1. The lowest BCUT2D eigenvalue weighted by Crippen LogP contribution is -2.10. The smallest absolute Gasteiger partial charge is 0.374 e. The second kappa shape index (κ2) is 4.29. The molecule has 0 aliphatic heterocycles. The summed E-state index contributed by atoms with van der Waals surface area (Å²) in [5, 5.41) is 0.345. The lowest BCUT2D eigenvalue weighted by molar-refractivity contribution is 0.0490. The summed E-state index contributed by atoms with van der Waals surface area (Å²) < 4.78 is 10.0. The molecule has 0 fully saturated rings. The van der Waals surface area contributed by atoms with Gasteiger partial charge in [-0.2, -0.15) is 0 Å². The van der Waals surface area contributed by atoms with Crippen molar-refractivity contribution in [3.8, 4) is 0 Å². The van der Waals surface area contributed by atoms with Crippen molar-refractivity contribution in [2.24, 2.45) is 0 Å². The molecule has 0 saturated heterocycles. The summed E-state index contributed by atoms with van der Waals surface area (Å²) in [6.45, 7) is 1.90. The van der Waals surface area contributed by atoms with E-state index in [9.17, 15) is 9.59 Å². The van der Waals surface area contributed by atoms with Crippen LogP contribution in [-0.2, 0) is 4.74 Å². The first-order valence-corrected chi connectivity index (χ1v) is 5.12. The molecule has 0 aliphatic rings. The minimum absolute atomic E-state index is 0.103. The van der Waals surface area contributed by atoms with Crippen LogP contribution >= 0.6 is 0 Å². The van der Waals surface area contributed by atoms with Gasteiger partial charge in [0.2, 0.25) is 5.76 Å². The van der Waals surface area contributed by atoms with Gasteiger partial charge in [0.05, 0.1) is 12.0 Å². The van der Waals surface area contributed by atoms with Crippen molar-refractivity contribution in [2.75, 3.05) is 12.3 Å². The van der Waals surface area contributed by atoms with E-state index >= 15 is 0 Å². The van der Waals surface area contributed by atoms with E-state index in [0.717, 1.165) is 6.07 Å². The highest BCUT2D eigenvalue weighted by Gasteiger charge is 2.13. The summed E-state index contributed by atoms with van der Waals surface area (Å²) in [6.07, 6.45) is 0. The van der Waals surface area contributed by atoms with Crippen LogP contribution in [0.3, 0.4) is 0 Å². The van der Waals surface area contributed by atoms with Gasteiger partial charge >= 0.3 is 5.97 Å². The highest BCUT2D eigenvalue weighted by atomic mass is 16.5. The Hall–Kier alpha value is -2.30. The van der Waals surface area contributed by atoms with Crippen molar-refractivity contribution < 1.29 is 13.9 Å². The largest absolute Gasteiger partial charge is 0.460 e. The predicted octanol–water partition coefficient (Wildman–Crippen LogP) is 1.55. The molecule has 0 spiro atoms. The Labute approximate surface area is 96.8 Å². The minimum atomic E-state index is -0.650. The Morgan fingerprint density at radius 1 is 1.41 bits per heavy atom. The number of nitrogen functional groups attached to an aromatic ring is 1. The molecule has 1 heterocycles. The number of hydrogen-bond acceptors (Lipinski definition) is 5. The summed E-state index contributed by atoms with van der Waals surface area (Å²) in [5.41, 5.74) is 6.03. The average Bonchev–Trinajstić information content (AvgIpc) is 2.30. The fourth-order valence-corrected chi connectivity index (χ4v) is 1.48. The van der Waals surface area contributed by atoms with E-state index in [1.54, 1.807) is 19.1 Å². The highest BCUT2D eigenvalue weighted by Crippen LogP contribution is 2.15. The molecule has 0 saturated carbocycles. The molecule has 2 rings (SSSR count). The highest BCUT2D eigenvalue weighted by molar-refractivity contribution is 5.89. The molecule has 17 heavy (non-hydrogen) atoms. The Morgan fingerprint density at radius 3 is 2.88 bits per heavy atom. The van der Waals surface area contributed by atoms with Crippen LogP contribution in [0.1, 0.15) is 17.5 Å². The molecule has 0 aliphatic carbocycles. The number of nitrogens with two attached hydrogens (primary N) is 1. The molecule has 0 atom stereocenters. The van der Waals surface area contributed by atoms with Gasteiger partial charge in [0.25, 0.3) is 0 Å². The summed E-state index contributed by atoms with van der Waals surface area (Å²) in [4.78, 5) is 23.2. The van der Waals surface area contributed by atoms with E-state index in [1.807, 2.05) is 0 Å². The topological polar surface area (TPSA) is 82.5 Å². The molecule has 5 nitrogen and oxygen atoms in total. The first-order chi connectivity index (χ1) is 8.11. The van der Waals surface area contributed by atoms with Crippen LogP contribution in [0, 0.1) is 0 Å². The first-order valence-electron chi connectivity index (χ1n) is 5.12. The Balaban J connectivity index is 2.60. The van der Waals surface area contributed by atoms with Crippen LogP contribution in [0.2, 0.25) is 0 Å². The zero-order chi connectivity index (χ0) is 12.4. The maximum absolute atomic E-state index is 11.7. The zero-order valence-corrected chi connectivity index (χ0v) is 9.23. The minimum Gasteiger partial charge on any atom is -0.460 e. The fraction of sp³-hybridized carbons (Fsp3) is 0.167. The number of benzene rings is 1. The summed E-state index contributed by atoms with van der Waals surface area (Å²) >= 11 is 0. The van der Waals surface area contributed by atoms with Crippen LogP contribution in [-0.4, -0.2) is 12.6 Å². The summed E-state index contributed by atoms with van der Waals surface area (Å²) in [6, 6.07) is 5.77. The van der Waals surface area contributed by atoms with Gasteiger partial charge in [-0.25, -0.2) is 4.79 Å². The number of anilines is 1. The average molecular weight is 233 g/mol. The Kier molecular flexibility index (Phi) is 2.82. The number of carbonyl (C=O) groups excluding carboxylic acids is 1. The predicted molar refractivity (Wildman–Crippen MR) is 62.9 cm³/mol. The number of fused-ring (bicyclic) bond motifs is 1. The second-order valence-electron chi connectivity index (χ2n) is 3.45. The molecule has 5 heteroatoms. The maximum atomic E-state index is 11.7. The molecule has 0 unspecified atom stereocenters. The molecule has 0 radical (unpaired) electrons. The van der Waals surface area contributed by atoms with E-state index in [4.69, 9.17) is 14.9 Å². The van der Waals surface area contributed by atoms with Crippen molar-refractivity contribution in [1.82, 2.24) is 0 Å². The molecular weight excluding hydrogens is 222 g/mol. The van der Waals surface area contributed by atoms with E-state index in [2.05, 4.69) is 0 Å². The van der Waals surface area contributed by atoms with Crippen LogP contribution in [0.5, 0.6) is 0 Å². The summed E-state index contributed by atoms with van der Waals surface area (Å²) in [7, 11) is 0. The van der Waals surface area contributed by atoms with Gasteiger partial charge in [-0.1, -0.05) is 0 Å². The normalized spacial score (nSPS) is 10.4. The van der Waals surface area contributed by atoms with Crippen LogP contribution < -0.4 is 11.2 Å². The molecule has 88 valence electrons. The Morgan fingerprint density at radius 2 is 2.18 bits per heavy atom. The Bertz CT molecular complexity index is 630. The van der Waals surface area contributed by atoms with Gasteiger partial charge in [-0.05, 0) is 25.1 Å². The molecule has 0 bridgehead atoms. The molecule has 1 aromatic heterocycles. The van der Waals surface area contributed by atoms with Gasteiger partial charge in [-0.15, -0.1) is 0 Å². The molecule has 0 amide bonds. The van der Waals surface area contributed by atoms with Crippen molar-refractivity contribution in [3.63, 3.8) is 0 Å². The number of hydrogen-bond donors (Lipinski definition) is 1. The molecular formula is C12H11NO4. The third-order valence-electron chi connectivity index (χ3n) is 2.23.